The van der Waals surface area contributed by atoms with Crippen LogP contribution in [-0.2, 0) is 18.9 Å². The van der Waals surface area contributed by atoms with E-state index in [9.17, 15) is 15.2 Å². The highest BCUT2D eigenvalue weighted by Gasteiger charge is 2.51. The summed E-state index contributed by atoms with van der Waals surface area (Å²) in [5.41, 5.74) is 6.13. The molecule has 2 fully saturated rings. The van der Waals surface area contributed by atoms with Crippen molar-refractivity contribution < 1.29 is 28.8 Å². The predicted octanol–water partition coefficient (Wildman–Crippen LogP) is 3.77. The largest absolute Gasteiger partial charge is 0.443 e. The van der Waals surface area contributed by atoms with Crippen LogP contribution in [0.2, 0.25) is 0 Å². The van der Waals surface area contributed by atoms with E-state index in [1.165, 1.54) is 6.92 Å². The van der Waals surface area contributed by atoms with E-state index < -0.39 is 48.4 Å². The molecule has 2 aromatic rings. The third kappa shape index (κ3) is 7.88. The Labute approximate surface area is 246 Å². The normalized spacial score (nSPS) is 26.3. The molecule has 0 bridgehead atoms. The molecule has 218 valence electrons. The molecule has 0 spiro atoms. The van der Waals surface area contributed by atoms with Crippen LogP contribution < -0.4 is 16.2 Å². The molecule has 2 aliphatic rings. The van der Waals surface area contributed by atoms with E-state index in [4.69, 9.17) is 24.4 Å². The highest BCUT2D eigenvalue weighted by atomic mass is 79.9. The van der Waals surface area contributed by atoms with Crippen LogP contribution in [0.25, 0.3) is 0 Å². The van der Waals surface area contributed by atoms with Crippen molar-refractivity contribution in [2.24, 2.45) is 4.99 Å². The summed E-state index contributed by atoms with van der Waals surface area (Å²) in [6.45, 7) is 6.79. The van der Waals surface area contributed by atoms with Crippen molar-refractivity contribution in [2.45, 2.75) is 70.0 Å². The minimum absolute atomic E-state index is 0.0596. The standard InChI is InChI=1S/C28H33BrN6O6/c1-15(31)32-25(33-19-12-18(29)11-10-17(19)13-30)24-22(36)21(34-35-27(37)41-28(2,3)4)23-20(39-24)14-38-26(40-23)16-8-6-5-7-9-16/h5-12,20-24,26,34,36H,14H2,1-4H3,(H,35,37)(H2,31,32,33). The van der Waals surface area contributed by atoms with Crippen molar-refractivity contribution in [3.63, 3.8) is 0 Å². The number of hydrogen-bond acceptors (Lipinski definition) is 9. The van der Waals surface area contributed by atoms with E-state index in [1.54, 1.807) is 39.0 Å². The lowest BCUT2D eigenvalue weighted by atomic mass is 9.91. The summed E-state index contributed by atoms with van der Waals surface area (Å²) in [6, 6.07) is 15.6. The number of hydrogen-bond donors (Lipinski definition) is 5. The number of carbonyl (C=O) groups is 1. The SMILES string of the molecule is CC(=N)/N=C(\Nc1cc(Br)ccc1C#N)C1OC2COC(c3ccccc3)OC2C(NNC(=O)OC(C)(C)C)C1O. The molecular formula is C28H33BrN6O6. The molecule has 6 atom stereocenters. The summed E-state index contributed by atoms with van der Waals surface area (Å²) >= 11 is 3.40. The van der Waals surface area contributed by atoms with Crippen LogP contribution in [0.5, 0.6) is 0 Å². The first-order valence-corrected chi connectivity index (χ1v) is 13.7. The van der Waals surface area contributed by atoms with Crippen LogP contribution in [0.15, 0.2) is 58.0 Å². The molecule has 2 aromatic carbocycles. The number of aliphatic hydroxyl groups excluding tert-OH is 1. The fraction of sp³-hybridized carbons (Fsp3) is 0.429. The number of ether oxygens (including phenoxy) is 4. The molecule has 4 rings (SSSR count). The molecule has 0 radical (unpaired) electrons. The first kappa shape index (κ1) is 30.6. The van der Waals surface area contributed by atoms with E-state index in [-0.39, 0.29) is 18.3 Å². The lowest BCUT2D eigenvalue weighted by molar-refractivity contribution is -0.303. The van der Waals surface area contributed by atoms with Crippen molar-refractivity contribution in [1.82, 2.24) is 10.9 Å². The number of nitriles is 1. The number of carbonyl (C=O) groups excluding carboxylic acids is 1. The number of fused-ring (bicyclic) bond motifs is 1. The Morgan fingerprint density at radius 3 is 2.61 bits per heavy atom. The van der Waals surface area contributed by atoms with Crippen molar-refractivity contribution in [2.75, 3.05) is 11.9 Å². The van der Waals surface area contributed by atoms with Crippen LogP contribution in [0.3, 0.4) is 0 Å². The molecule has 1 amide bonds. The monoisotopic (exact) mass is 628 g/mol. The highest BCUT2D eigenvalue weighted by molar-refractivity contribution is 9.10. The van der Waals surface area contributed by atoms with E-state index in [1.807, 2.05) is 30.3 Å². The molecule has 13 heteroatoms. The molecule has 5 N–H and O–H groups in total. The molecule has 2 saturated heterocycles. The van der Waals surface area contributed by atoms with Gasteiger partial charge in [-0.25, -0.2) is 15.2 Å². The lowest BCUT2D eigenvalue weighted by Crippen LogP contribution is -2.70. The van der Waals surface area contributed by atoms with Gasteiger partial charge in [0, 0.05) is 10.0 Å². The number of hydrazine groups is 1. The number of amides is 1. The average molecular weight is 630 g/mol. The second-order valence-electron chi connectivity index (χ2n) is 10.6. The molecule has 12 nitrogen and oxygen atoms in total. The van der Waals surface area contributed by atoms with Gasteiger partial charge < -0.3 is 29.4 Å². The summed E-state index contributed by atoms with van der Waals surface area (Å²) < 4.78 is 24.6. The topological polar surface area (TPSA) is 170 Å². The van der Waals surface area contributed by atoms with Gasteiger partial charge in [-0.15, -0.1) is 0 Å². The van der Waals surface area contributed by atoms with Gasteiger partial charge in [-0.1, -0.05) is 46.3 Å². The molecule has 0 saturated carbocycles. The van der Waals surface area contributed by atoms with Gasteiger partial charge in [0.25, 0.3) is 0 Å². The summed E-state index contributed by atoms with van der Waals surface area (Å²) in [6.07, 6.45) is -5.41. The van der Waals surface area contributed by atoms with Crippen molar-refractivity contribution >= 4 is 39.4 Å². The number of aliphatic imine (C=N–C) groups is 1. The first-order chi connectivity index (χ1) is 19.4. The molecule has 41 heavy (non-hydrogen) atoms. The van der Waals surface area contributed by atoms with E-state index in [2.05, 4.69) is 43.2 Å². The zero-order chi connectivity index (χ0) is 29.7. The maximum Gasteiger partial charge on any atom is 0.422 e. The summed E-state index contributed by atoms with van der Waals surface area (Å²) in [5, 5.41) is 32.3. The van der Waals surface area contributed by atoms with Gasteiger partial charge >= 0.3 is 6.09 Å². The van der Waals surface area contributed by atoms with Crippen LogP contribution in [-0.4, -0.2) is 65.5 Å². The predicted molar refractivity (Wildman–Crippen MR) is 154 cm³/mol. The summed E-state index contributed by atoms with van der Waals surface area (Å²) in [4.78, 5) is 16.8. The van der Waals surface area contributed by atoms with Gasteiger partial charge in [-0.2, -0.15) is 5.26 Å². The number of nitrogens with one attached hydrogen (secondary N) is 4. The van der Waals surface area contributed by atoms with Gasteiger partial charge in [0.05, 0.1) is 23.9 Å². The Balaban J connectivity index is 1.64. The molecule has 6 unspecified atom stereocenters. The maximum absolute atomic E-state index is 12.5. The molecule has 0 aromatic heterocycles. The third-order valence-electron chi connectivity index (χ3n) is 6.15. The number of anilines is 1. The quantitative estimate of drug-likeness (QED) is 0.188. The fourth-order valence-corrected chi connectivity index (χ4v) is 4.82. The minimum Gasteiger partial charge on any atom is -0.443 e. The third-order valence-corrected chi connectivity index (χ3v) is 6.64. The zero-order valence-corrected chi connectivity index (χ0v) is 24.6. The summed E-state index contributed by atoms with van der Waals surface area (Å²) in [7, 11) is 0. The van der Waals surface area contributed by atoms with E-state index >= 15 is 0 Å². The Morgan fingerprint density at radius 1 is 1.22 bits per heavy atom. The molecule has 2 heterocycles. The zero-order valence-electron chi connectivity index (χ0n) is 23.1. The Bertz CT molecular complexity index is 1330. The second kappa shape index (κ2) is 13.1. The average Bonchev–Trinajstić information content (AvgIpc) is 2.91. The van der Waals surface area contributed by atoms with Gasteiger partial charge in [0.1, 0.15) is 47.8 Å². The molecule has 0 aliphatic carbocycles. The van der Waals surface area contributed by atoms with Crippen molar-refractivity contribution in [3.05, 3.63) is 64.1 Å². The van der Waals surface area contributed by atoms with Crippen LogP contribution in [0.4, 0.5) is 10.5 Å². The van der Waals surface area contributed by atoms with Gasteiger partial charge in [0.15, 0.2) is 6.29 Å². The summed E-state index contributed by atoms with van der Waals surface area (Å²) in [5.74, 6) is 0.0305. The fourth-order valence-electron chi connectivity index (χ4n) is 4.45. The number of rotatable bonds is 5. The second-order valence-corrected chi connectivity index (χ2v) is 11.5. The molecule has 2 aliphatic heterocycles. The van der Waals surface area contributed by atoms with E-state index in [0.29, 0.717) is 15.7 Å². The van der Waals surface area contributed by atoms with Crippen molar-refractivity contribution in [3.8, 4) is 6.07 Å². The number of nitrogens with zero attached hydrogens (tertiary/aromatic N) is 2. The van der Waals surface area contributed by atoms with Crippen LogP contribution in [0.1, 0.15) is 45.1 Å². The van der Waals surface area contributed by atoms with Gasteiger partial charge in [-0.05, 0) is 45.9 Å². The smallest absolute Gasteiger partial charge is 0.422 e. The number of aliphatic hydroxyl groups is 1. The minimum atomic E-state index is -1.34. The van der Waals surface area contributed by atoms with Crippen LogP contribution in [0, 0.1) is 16.7 Å². The van der Waals surface area contributed by atoms with Gasteiger partial charge in [-0.3, -0.25) is 10.8 Å². The first-order valence-electron chi connectivity index (χ1n) is 13.0. The van der Waals surface area contributed by atoms with Gasteiger partial charge in [0.2, 0.25) is 0 Å². The Hall–Kier alpha value is -3.38. The van der Waals surface area contributed by atoms with Crippen LogP contribution >= 0.6 is 15.9 Å². The Kier molecular flexibility index (Phi) is 9.75. The maximum atomic E-state index is 12.5. The number of halogens is 1. The Morgan fingerprint density at radius 2 is 1.95 bits per heavy atom. The number of benzene rings is 2. The van der Waals surface area contributed by atoms with Crippen molar-refractivity contribution in [1.29, 1.82) is 10.7 Å². The molecular weight excluding hydrogens is 596 g/mol. The van der Waals surface area contributed by atoms with E-state index in [0.717, 1.165) is 5.56 Å². The highest BCUT2D eigenvalue weighted by Crippen LogP contribution is 2.35. The lowest BCUT2D eigenvalue weighted by Gasteiger charge is -2.48. The number of amidine groups is 2.